The molecule has 6 nitrogen and oxygen atoms in total. The molecule has 168 valence electrons. The lowest BCUT2D eigenvalue weighted by Crippen LogP contribution is -2.47. The zero-order chi connectivity index (χ0) is 22.4. The molecule has 0 N–H and O–H groups in total. The SMILES string of the molecule is Cc1cc(C)nc(N2CCN(c3nc(Cc4ccccc4)nc4sc5c(c34)CCC5)CC2)n1. The number of benzene rings is 1. The molecule has 1 aliphatic heterocycles. The molecule has 33 heavy (non-hydrogen) atoms. The van der Waals surface area contributed by atoms with Crippen LogP contribution in [-0.4, -0.2) is 46.1 Å². The molecule has 0 atom stereocenters. The van der Waals surface area contributed by atoms with Gasteiger partial charge in [-0.25, -0.2) is 19.9 Å². The smallest absolute Gasteiger partial charge is 0.225 e. The average molecular weight is 457 g/mol. The lowest BCUT2D eigenvalue weighted by atomic mass is 10.1. The quantitative estimate of drug-likeness (QED) is 0.451. The third kappa shape index (κ3) is 3.95. The van der Waals surface area contributed by atoms with Crippen molar-refractivity contribution in [1.82, 2.24) is 19.9 Å². The van der Waals surface area contributed by atoms with Crippen molar-refractivity contribution in [3.8, 4) is 0 Å². The number of piperazine rings is 1. The van der Waals surface area contributed by atoms with Crippen molar-refractivity contribution in [2.75, 3.05) is 36.0 Å². The summed E-state index contributed by atoms with van der Waals surface area (Å²) in [6, 6.07) is 12.6. The lowest BCUT2D eigenvalue weighted by Gasteiger charge is -2.36. The van der Waals surface area contributed by atoms with Crippen molar-refractivity contribution in [3.63, 3.8) is 0 Å². The Hall–Kier alpha value is -3.06. The maximum absolute atomic E-state index is 5.17. The van der Waals surface area contributed by atoms with Crippen LogP contribution in [0.3, 0.4) is 0 Å². The minimum Gasteiger partial charge on any atom is -0.352 e. The van der Waals surface area contributed by atoms with Gasteiger partial charge in [-0.1, -0.05) is 30.3 Å². The fraction of sp³-hybridized carbons (Fsp3) is 0.385. The van der Waals surface area contributed by atoms with Gasteiger partial charge in [0.05, 0.1) is 5.39 Å². The van der Waals surface area contributed by atoms with E-state index in [4.69, 9.17) is 9.97 Å². The van der Waals surface area contributed by atoms with Crippen LogP contribution in [0.5, 0.6) is 0 Å². The Labute approximate surface area is 198 Å². The Kier molecular flexibility index (Phi) is 5.21. The van der Waals surface area contributed by atoms with Crippen LogP contribution in [-0.2, 0) is 19.3 Å². The summed E-state index contributed by atoms with van der Waals surface area (Å²) in [5.74, 6) is 2.90. The number of aryl methyl sites for hydroxylation is 4. The second-order valence-electron chi connectivity index (χ2n) is 9.09. The predicted octanol–water partition coefficient (Wildman–Crippen LogP) is 4.50. The molecule has 0 bridgehead atoms. The average Bonchev–Trinajstić information content (AvgIpc) is 3.40. The first-order chi connectivity index (χ1) is 16.1. The molecule has 3 aromatic heterocycles. The normalized spacial score (nSPS) is 15.9. The number of fused-ring (bicyclic) bond motifs is 3. The Bertz CT molecular complexity index is 1290. The van der Waals surface area contributed by atoms with Crippen molar-refractivity contribution in [2.45, 2.75) is 39.5 Å². The fourth-order valence-electron chi connectivity index (χ4n) is 5.07. The molecule has 0 spiro atoms. The molecule has 1 aliphatic carbocycles. The number of aromatic nitrogens is 4. The van der Waals surface area contributed by atoms with Crippen molar-refractivity contribution in [3.05, 3.63) is 69.6 Å². The van der Waals surface area contributed by atoms with E-state index in [1.54, 1.807) is 0 Å². The molecule has 1 aromatic carbocycles. The maximum Gasteiger partial charge on any atom is 0.225 e. The maximum atomic E-state index is 5.17. The minimum atomic E-state index is 0.767. The molecule has 0 unspecified atom stereocenters. The zero-order valence-electron chi connectivity index (χ0n) is 19.2. The van der Waals surface area contributed by atoms with E-state index in [9.17, 15) is 0 Å². The van der Waals surface area contributed by atoms with Crippen molar-refractivity contribution >= 4 is 33.3 Å². The molecule has 1 saturated heterocycles. The number of rotatable bonds is 4. The van der Waals surface area contributed by atoms with E-state index in [1.807, 2.05) is 31.3 Å². The van der Waals surface area contributed by atoms with Crippen molar-refractivity contribution < 1.29 is 0 Å². The van der Waals surface area contributed by atoms with Crippen molar-refractivity contribution in [2.24, 2.45) is 0 Å². The molecule has 4 aromatic rings. The van der Waals surface area contributed by atoms with Gasteiger partial charge in [0, 0.05) is 48.9 Å². The number of hydrogen-bond donors (Lipinski definition) is 0. The van der Waals surface area contributed by atoms with E-state index < -0.39 is 0 Å². The monoisotopic (exact) mass is 456 g/mol. The second-order valence-corrected chi connectivity index (χ2v) is 10.2. The number of anilines is 2. The summed E-state index contributed by atoms with van der Waals surface area (Å²) < 4.78 is 0. The summed E-state index contributed by atoms with van der Waals surface area (Å²) in [7, 11) is 0. The molecular weight excluding hydrogens is 428 g/mol. The van der Waals surface area contributed by atoms with E-state index in [-0.39, 0.29) is 0 Å². The van der Waals surface area contributed by atoms with Crippen LogP contribution in [0.15, 0.2) is 36.4 Å². The van der Waals surface area contributed by atoms with E-state index in [1.165, 1.54) is 34.2 Å². The number of nitrogens with zero attached hydrogens (tertiary/aromatic N) is 6. The van der Waals surface area contributed by atoms with E-state index in [2.05, 4.69) is 50.1 Å². The molecular formula is C26H28N6S. The Morgan fingerprint density at radius 3 is 2.33 bits per heavy atom. The molecule has 0 saturated carbocycles. The standard InChI is InChI=1S/C26H28N6S/c1-17-15-18(2)28-26(27-17)32-13-11-31(12-14-32)24-23-20-9-6-10-21(20)33-25(23)30-22(29-24)16-19-7-4-3-5-8-19/h3-5,7-8,15H,6,9-14,16H2,1-2H3. The topological polar surface area (TPSA) is 58.0 Å². The van der Waals surface area contributed by atoms with Crippen LogP contribution in [0.1, 0.15) is 39.6 Å². The van der Waals surface area contributed by atoms with Gasteiger partial charge in [0.2, 0.25) is 5.95 Å². The highest BCUT2D eigenvalue weighted by atomic mass is 32.1. The van der Waals surface area contributed by atoms with Gasteiger partial charge in [-0.3, -0.25) is 0 Å². The van der Waals surface area contributed by atoms with Crippen LogP contribution < -0.4 is 9.80 Å². The van der Waals surface area contributed by atoms with Gasteiger partial charge in [0.15, 0.2) is 0 Å². The molecule has 4 heterocycles. The highest BCUT2D eigenvalue weighted by Gasteiger charge is 2.27. The highest BCUT2D eigenvalue weighted by molar-refractivity contribution is 7.19. The van der Waals surface area contributed by atoms with Gasteiger partial charge in [-0.05, 0) is 50.3 Å². The van der Waals surface area contributed by atoms with Crippen LogP contribution in [0.2, 0.25) is 0 Å². The van der Waals surface area contributed by atoms with Crippen LogP contribution in [0, 0.1) is 13.8 Å². The zero-order valence-corrected chi connectivity index (χ0v) is 20.0. The largest absolute Gasteiger partial charge is 0.352 e. The van der Waals surface area contributed by atoms with Gasteiger partial charge >= 0.3 is 0 Å². The predicted molar refractivity (Wildman–Crippen MR) is 135 cm³/mol. The van der Waals surface area contributed by atoms with Gasteiger partial charge in [0.25, 0.3) is 0 Å². The van der Waals surface area contributed by atoms with Gasteiger partial charge in [-0.2, -0.15) is 0 Å². The van der Waals surface area contributed by atoms with Gasteiger partial charge in [0.1, 0.15) is 16.5 Å². The van der Waals surface area contributed by atoms with E-state index >= 15 is 0 Å². The van der Waals surface area contributed by atoms with Crippen LogP contribution in [0.4, 0.5) is 11.8 Å². The third-order valence-electron chi connectivity index (χ3n) is 6.63. The second kappa shape index (κ2) is 8.37. The van der Waals surface area contributed by atoms with Crippen molar-refractivity contribution in [1.29, 1.82) is 0 Å². The summed E-state index contributed by atoms with van der Waals surface area (Å²) in [5.41, 5.74) is 4.80. The molecule has 7 heteroatoms. The van der Waals surface area contributed by atoms with Gasteiger partial charge < -0.3 is 9.80 Å². The van der Waals surface area contributed by atoms with E-state index in [0.717, 1.165) is 72.8 Å². The highest BCUT2D eigenvalue weighted by Crippen LogP contribution is 2.41. The van der Waals surface area contributed by atoms with Crippen LogP contribution >= 0.6 is 11.3 Å². The summed E-state index contributed by atoms with van der Waals surface area (Å²) in [6.45, 7) is 7.70. The molecule has 0 amide bonds. The summed E-state index contributed by atoms with van der Waals surface area (Å²) >= 11 is 1.88. The lowest BCUT2D eigenvalue weighted by molar-refractivity contribution is 0.633. The summed E-state index contributed by atoms with van der Waals surface area (Å²) in [5, 5.41) is 1.31. The summed E-state index contributed by atoms with van der Waals surface area (Å²) in [6.07, 6.45) is 4.35. The van der Waals surface area contributed by atoms with E-state index in [0.29, 0.717) is 0 Å². The number of thiophene rings is 1. The molecule has 2 aliphatic rings. The Morgan fingerprint density at radius 1 is 0.848 bits per heavy atom. The fourth-order valence-corrected chi connectivity index (χ4v) is 6.35. The molecule has 0 radical (unpaired) electrons. The number of hydrogen-bond acceptors (Lipinski definition) is 7. The first kappa shape index (κ1) is 20.5. The van der Waals surface area contributed by atoms with Gasteiger partial charge in [-0.15, -0.1) is 11.3 Å². The Morgan fingerprint density at radius 2 is 1.58 bits per heavy atom. The third-order valence-corrected chi connectivity index (χ3v) is 7.82. The molecule has 6 rings (SSSR count). The minimum absolute atomic E-state index is 0.767. The first-order valence-corrected chi connectivity index (χ1v) is 12.6. The molecule has 1 fully saturated rings. The Balaban J connectivity index is 1.33. The first-order valence-electron chi connectivity index (χ1n) is 11.8. The summed E-state index contributed by atoms with van der Waals surface area (Å²) in [4.78, 5) is 27.0. The van der Waals surface area contributed by atoms with Crippen LogP contribution in [0.25, 0.3) is 10.2 Å².